The molecule has 1 aromatic rings. The van der Waals surface area contributed by atoms with Gasteiger partial charge in [-0.15, -0.1) is 0 Å². The van der Waals surface area contributed by atoms with E-state index in [1.165, 1.54) is 18.1 Å². The number of rotatable bonds is 9. The lowest BCUT2D eigenvalue weighted by Gasteiger charge is -2.31. The molecule has 0 radical (unpaired) electrons. The average molecular weight is 406 g/mol. The summed E-state index contributed by atoms with van der Waals surface area (Å²) in [7, 11) is 1.49. The molecule has 1 aromatic carbocycles. The standard InChI is InChI=1S/C21H30N2O6/c1-14(2)8-10-28-17-7-6-15(11-18(17)27-3)21(26)29-13-19(24)23-9-4-5-16(12-23)20(22)25/h6-7,11,14,16H,4-5,8-10,12-13H2,1-3H3,(H2,22,25)/t16-/m0/s1. The molecule has 1 aliphatic heterocycles. The summed E-state index contributed by atoms with van der Waals surface area (Å²) in [5.41, 5.74) is 5.59. The van der Waals surface area contributed by atoms with Gasteiger partial charge in [-0.2, -0.15) is 0 Å². The molecule has 8 heteroatoms. The van der Waals surface area contributed by atoms with Crippen molar-refractivity contribution in [3.05, 3.63) is 23.8 Å². The number of nitrogens with zero attached hydrogens (tertiary/aromatic N) is 1. The van der Waals surface area contributed by atoms with Crippen LogP contribution in [0, 0.1) is 11.8 Å². The van der Waals surface area contributed by atoms with E-state index in [-0.39, 0.29) is 30.5 Å². The molecular formula is C21H30N2O6. The minimum absolute atomic E-state index is 0.263. The topological polar surface area (TPSA) is 108 Å². The van der Waals surface area contributed by atoms with Crippen LogP contribution in [0.25, 0.3) is 0 Å². The maximum absolute atomic E-state index is 12.3. The summed E-state index contributed by atoms with van der Waals surface area (Å²) in [4.78, 5) is 37.5. The third-order valence-corrected chi connectivity index (χ3v) is 4.86. The molecule has 0 bridgehead atoms. The summed E-state index contributed by atoms with van der Waals surface area (Å²) in [6.07, 6.45) is 2.27. The van der Waals surface area contributed by atoms with Gasteiger partial charge < -0.3 is 24.8 Å². The number of esters is 1. The van der Waals surface area contributed by atoms with Gasteiger partial charge in [-0.3, -0.25) is 9.59 Å². The van der Waals surface area contributed by atoms with Crippen molar-refractivity contribution in [1.29, 1.82) is 0 Å². The van der Waals surface area contributed by atoms with Crippen LogP contribution in [0.4, 0.5) is 0 Å². The predicted molar refractivity (Wildman–Crippen MR) is 107 cm³/mol. The SMILES string of the molecule is COc1cc(C(=O)OCC(=O)N2CCC[C@H](C(N)=O)C2)ccc1OCCC(C)C. The Morgan fingerprint density at radius 1 is 1.24 bits per heavy atom. The van der Waals surface area contributed by atoms with Gasteiger partial charge in [0, 0.05) is 13.1 Å². The lowest BCUT2D eigenvalue weighted by Crippen LogP contribution is -2.45. The monoisotopic (exact) mass is 406 g/mol. The lowest BCUT2D eigenvalue weighted by atomic mass is 9.97. The Kier molecular flexibility index (Phi) is 8.30. The molecule has 160 valence electrons. The first-order chi connectivity index (χ1) is 13.8. The summed E-state index contributed by atoms with van der Waals surface area (Å²) in [6.45, 7) is 5.17. The van der Waals surface area contributed by atoms with Gasteiger partial charge in [-0.1, -0.05) is 13.8 Å². The molecule has 2 N–H and O–H groups in total. The van der Waals surface area contributed by atoms with Crippen LogP contribution in [0.2, 0.25) is 0 Å². The number of methoxy groups -OCH3 is 1. The van der Waals surface area contributed by atoms with Gasteiger partial charge in [-0.25, -0.2) is 4.79 Å². The molecule has 0 aromatic heterocycles. The van der Waals surface area contributed by atoms with Crippen LogP contribution >= 0.6 is 0 Å². The summed E-state index contributed by atoms with van der Waals surface area (Å²) >= 11 is 0. The van der Waals surface area contributed by atoms with Crippen molar-refractivity contribution in [3.63, 3.8) is 0 Å². The van der Waals surface area contributed by atoms with Gasteiger partial charge in [-0.05, 0) is 43.4 Å². The van der Waals surface area contributed by atoms with Gasteiger partial charge in [0.25, 0.3) is 5.91 Å². The highest BCUT2D eigenvalue weighted by Gasteiger charge is 2.27. The van der Waals surface area contributed by atoms with E-state index in [1.807, 2.05) is 0 Å². The zero-order valence-corrected chi connectivity index (χ0v) is 17.3. The second-order valence-electron chi connectivity index (χ2n) is 7.55. The Morgan fingerprint density at radius 3 is 2.66 bits per heavy atom. The van der Waals surface area contributed by atoms with Crippen LogP contribution < -0.4 is 15.2 Å². The average Bonchev–Trinajstić information content (AvgIpc) is 2.71. The number of hydrogen-bond donors (Lipinski definition) is 1. The zero-order chi connectivity index (χ0) is 21.4. The molecule has 1 heterocycles. The minimum Gasteiger partial charge on any atom is -0.493 e. The Bertz CT molecular complexity index is 734. The molecule has 2 rings (SSSR count). The van der Waals surface area contributed by atoms with Crippen LogP contribution in [0.15, 0.2) is 18.2 Å². The first-order valence-corrected chi connectivity index (χ1v) is 9.86. The number of amides is 2. The number of primary amides is 1. The molecule has 1 atom stereocenters. The number of likely N-dealkylation sites (tertiary alicyclic amines) is 1. The van der Waals surface area contributed by atoms with E-state index in [4.69, 9.17) is 19.9 Å². The molecule has 0 saturated carbocycles. The van der Waals surface area contributed by atoms with Crippen molar-refractivity contribution in [1.82, 2.24) is 4.90 Å². The van der Waals surface area contributed by atoms with Crippen LogP contribution in [0.1, 0.15) is 43.5 Å². The number of hydrogen-bond acceptors (Lipinski definition) is 6. The van der Waals surface area contributed by atoms with Crippen LogP contribution in [0.3, 0.4) is 0 Å². The van der Waals surface area contributed by atoms with E-state index in [9.17, 15) is 14.4 Å². The number of carbonyl (C=O) groups excluding carboxylic acids is 3. The summed E-state index contributed by atoms with van der Waals surface area (Å²) < 4.78 is 16.1. The highest BCUT2D eigenvalue weighted by Crippen LogP contribution is 2.28. The highest BCUT2D eigenvalue weighted by atomic mass is 16.5. The van der Waals surface area contributed by atoms with Gasteiger partial charge >= 0.3 is 5.97 Å². The van der Waals surface area contributed by atoms with E-state index >= 15 is 0 Å². The fourth-order valence-corrected chi connectivity index (χ4v) is 3.06. The van der Waals surface area contributed by atoms with Crippen molar-refractivity contribution >= 4 is 17.8 Å². The number of carbonyl (C=O) groups is 3. The molecule has 0 spiro atoms. The zero-order valence-electron chi connectivity index (χ0n) is 17.3. The van der Waals surface area contributed by atoms with Crippen LogP contribution in [0.5, 0.6) is 11.5 Å². The van der Waals surface area contributed by atoms with E-state index < -0.39 is 11.9 Å². The molecule has 0 unspecified atom stereocenters. The van der Waals surface area contributed by atoms with Gasteiger partial charge in [0.2, 0.25) is 5.91 Å². The fraction of sp³-hybridized carbons (Fsp3) is 0.571. The fourth-order valence-electron chi connectivity index (χ4n) is 3.06. The third kappa shape index (κ3) is 6.66. The summed E-state index contributed by atoms with van der Waals surface area (Å²) in [6, 6.07) is 4.76. The van der Waals surface area contributed by atoms with E-state index in [1.54, 1.807) is 12.1 Å². The Balaban J connectivity index is 1.91. The molecular weight excluding hydrogens is 376 g/mol. The number of benzene rings is 1. The van der Waals surface area contributed by atoms with E-state index in [0.29, 0.717) is 43.4 Å². The number of nitrogens with two attached hydrogens (primary N) is 1. The van der Waals surface area contributed by atoms with Crippen molar-refractivity contribution in [2.75, 3.05) is 33.4 Å². The minimum atomic E-state index is -0.631. The summed E-state index contributed by atoms with van der Waals surface area (Å²) in [5.74, 6) is -0.246. The first kappa shape index (κ1) is 22.5. The second-order valence-corrected chi connectivity index (χ2v) is 7.55. The van der Waals surface area contributed by atoms with Crippen molar-refractivity contribution < 1.29 is 28.6 Å². The maximum atomic E-state index is 12.3. The number of piperidine rings is 1. The second kappa shape index (κ2) is 10.7. The first-order valence-electron chi connectivity index (χ1n) is 9.86. The molecule has 2 amide bonds. The maximum Gasteiger partial charge on any atom is 0.338 e. The predicted octanol–water partition coefficient (Wildman–Crippen LogP) is 2.00. The molecule has 1 fully saturated rings. The van der Waals surface area contributed by atoms with Gasteiger partial charge in [0.15, 0.2) is 18.1 Å². The number of ether oxygens (including phenoxy) is 3. The molecule has 1 saturated heterocycles. The Morgan fingerprint density at radius 2 is 2.00 bits per heavy atom. The van der Waals surface area contributed by atoms with Gasteiger partial charge in [0.1, 0.15) is 0 Å². The van der Waals surface area contributed by atoms with Crippen LogP contribution in [-0.4, -0.2) is 56.1 Å². The largest absolute Gasteiger partial charge is 0.493 e. The normalized spacial score (nSPS) is 16.4. The highest BCUT2D eigenvalue weighted by molar-refractivity contribution is 5.92. The summed E-state index contributed by atoms with van der Waals surface area (Å²) in [5, 5.41) is 0. The molecule has 0 aliphatic carbocycles. The molecule has 29 heavy (non-hydrogen) atoms. The van der Waals surface area contributed by atoms with Crippen molar-refractivity contribution in [3.8, 4) is 11.5 Å². The quantitative estimate of drug-likeness (QED) is 0.629. The Labute approximate surface area is 171 Å². The lowest BCUT2D eigenvalue weighted by molar-refractivity contribution is -0.137. The van der Waals surface area contributed by atoms with E-state index in [0.717, 1.165) is 6.42 Å². The molecule has 1 aliphatic rings. The Hall–Kier alpha value is -2.77. The van der Waals surface area contributed by atoms with Crippen molar-refractivity contribution in [2.45, 2.75) is 33.1 Å². The van der Waals surface area contributed by atoms with Crippen LogP contribution in [-0.2, 0) is 14.3 Å². The molecule has 8 nitrogen and oxygen atoms in total. The smallest absolute Gasteiger partial charge is 0.338 e. The van der Waals surface area contributed by atoms with Gasteiger partial charge in [0.05, 0.1) is 25.2 Å². The third-order valence-electron chi connectivity index (χ3n) is 4.86. The van der Waals surface area contributed by atoms with Crippen molar-refractivity contribution in [2.24, 2.45) is 17.6 Å². The van der Waals surface area contributed by atoms with E-state index in [2.05, 4.69) is 13.8 Å².